The van der Waals surface area contributed by atoms with Gasteiger partial charge in [-0.05, 0) is 31.2 Å². The van der Waals surface area contributed by atoms with Crippen LogP contribution < -0.4 is 19.5 Å². The Morgan fingerprint density at radius 3 is 2.55 bits per heavy atom. The van der Waals surface area contributed by atoms with Crippen LogP contribution in [0.4, 0.5) is 5.69 Å². The number of aromatic nitrogens is 1. The number of carbonyl (C=O) groups is 1. The summed E-state index contributed by atoms with van der Waals surface area (Å²) in [6, 6.07) is 8.42. The molecule has 0 aliphatic carbocycles. The molecule has 1 N–H and O–H groups in total. The van der Waals surface area contributed by atoms with Crippen molar-refractivity contribution in [3.63, 3.8) is 0 Å². The van der Waals surface area contributed by atoms with Gasteiger partial charge in [0.05, 0.1) is 32.7 Å². The molecule has 0 unspecified atom stereocenters. The number of nitrogens with zero attached hydrogens (tertiary/aromatic N) is 1. The van der Waals surface area contributed by atoms with E-state index in [1.165, 1.54) is 13.3 Å². The highest BCUT2D eigenvalue weighted by molar-refractivity contribution is 6.04. The second kappa shape index (κ2) is 7.31. The van der Waals surface area contributed by atoms with Gasteiger partial charge < -0.3 is 19.5 Å². The first-order valence-corrected chi connectivity index (χ1v) is 6.80. The van der Waals surface area contributed by atoms with Gasteiger partial charge in [-0.15, -0.1) is 0 Å². The van der Waals surface area contributed by atoms with Gasteiger partial charge in [0.15, 0.2) is 11.5 Å². The number of amides is 1. The van der Waals surface area contributed by atoms with Crippen molar-refractivity contribution in [1.29, 1.82) is 0 Å². The number of carbonyl (C=O) groups excluding carboxylic acids is 1. The average molecular weight is 302 g/mol. The molecule has 1 aromatic heterocycles. The Kier molecular flexibility index (Phi) is 5.19. The van der Waals surface area contributed by atoms with Gasteiger partial charge in [-0.3, -0.25) is 4.79 Å². The van der Waals surface area contributed by atoms with E-state index in [0.717, 1.165) is 0 Å². The summed E-state index contributed by atoms with van der Waals surface area (Å²) in [4.78, 5) is 16.3. The first-order valence-electron chi connectivity index (χ1n) is 6.80. The molecule has 0 radical (unpaired) electrons. The third-order valence-electron chi connectivity index (χ3n) is 2.93. The minimum Gasteiger partial charge on any atom is -0.493 e. The summed E-state index contributed by atoms with van der Waals surface area (Å²) in [6.45, 7) is 2.36. The molecule has 6 heteroatoms. The van der Waals surface area contributed by atoms with E-state index >= 15 is 0 Å². The molecule has 2 rings (SSSR count). The second-order valence-corrected chi connectivity index (χ2v) is 4.34. The summed E-state index contributed by atoms with van der Waals surface area (Å²) in [5.74, 6) is 1.35. The summed E-state index contributed by atoms with van der Waals surface area (Å²) in [5, 5.41) is 2.76. The summed E-state index contributed by atoms with van der Waals surface area (Å²) in [7, 11) is 3.09. The zero-order chi connectivity index (χ0) is 15.9. The van der Waals surface area contributed by atoms with Crippen LogP contribution in [0.2, 0.25) is 0 Å². The number of rotatable bonds is 6. The van der Waals surface area contributed by atoms with E-state index in [1.54, 1.807) is 37.4 Å². The van der Waals surface area contributed by atoms with E-state index in [-0.39, 0.29) is 5.91 Å². The van der Waals surface area contributed by atoms with E-state index < -0.39 is 0 Å². The SMILES string of the molecule is CCOc1cc(C(=O)Nc2ccc(OC)nc2)ccc1OC. The number of benzene rings is 1. The Labute approximate surface area is 129 Å². The maximum Gasteiger partial charge on any atom is 0.255 e. The van der Waals surface area contributed by atoms with Crippen molar-refractivity contribution >= 4 is 11.6 Å². The molecule has 0 aliphatic rings. The molecule has 1 amide bonds. The van der Waals surface area contributed by atoms with Crippen molar-refractivity contribution in [3.05, 3.63) is 42.1 Å². The summed E-state index contributed by atoms with van der Waals surface area (Å²) < 4.78 is 15.6. The molecule has 116 valence electrons. The topological polar surface area (TPSA) is 69.7 Å². The fraction of sp³-hybridized carbons (Fsp3) is 0.250. The lowest BCUT2D eigenvalue weighted by Gasteiger charge is -2.11. The number of anilines is 1. The predicted molar refractivity (Wildman–Crippen MR) is 82.9 cm³/mol. The van der Waals surface area contributed by atoms with E-state index in [0.29, 0.717) is 35.2 Å². The van der Waals surface area contributed by atoms with Crippen molar-refractivity contribution in [2.75, 3.05) is 26.1 Å². The molecule has 0 spiro atoms. The molecule has 22 heavy (non-hydrogen) atoms. The molecule has 1 aromatic carbocycles. The third kappa shape index (κ3) is 3.66. The first kappa shape index (κ1) is 15.6. The lowest BCUT2D eigenvalue weighted by molar-refractivity contribution is 0.102. The predicted octanol–water partition coefficient (Wildman–Crippen LogP) is 2.75. The Morgan fingerprint density at radius 1 is 1.14 bits per heavy atom. The van der Waals surface area contributed by atoms with E-state index in [4.69, 9.17) is 14.2 Å². The summed E-state index contributed by atoms with van der Waals surface area (Å²) >= 11 is 0. The first-order chi connectivity index (χ1) is 10.7. The minimum atomic E-state index is -0.254. The van der Waals surface area contributed by atoms with Crippen molar-refractivity contribution in [3.8, 4) is 17.4 Å². The number of hydrogen-bond donors (Lipinski definition) is 1. The lowest BCUT2D eigenvalue weighted by Crippen LogP contribution is -2.12. The highest BCUT2D eigenvalue weighted by atomic mass is 16.5. The molecule has 6 nitrogen and oxygen atoms in total. The number of methoxy groups -OCH3 is 2. The van der Waals surface area contributed by atoms with Gasteiger partial charge in [-0.1, -0.05) is 0 Å². The van der Waals surface area contributed by atoms with Crippen molar-refractivity contribution < 1.29 is 19.0 Å². The van der Waals surface area contributed by atoms with Crippen LogP contribution in [-0.2, 0) is 0 Å². The molecular formula is C16H18N2O4. The quantitative estimate of drug-likeness (QED) is 0.888. The van der Waals surface area contributed by atoms with Gasteiger partial charge in [-0.25, -0.2) is 4.98 Å². The van der Waals surface area contributed by atoms with Crippen molar-refractivity contribution in [2.24, 2.45) is 0 Å². The van der Waals surface area contributed by atoms with Gasteiger partial charge >= 0.3 is 0 Å². The fourth-order valence-electron chi connectivity index (χ4n) is 1.86. The minimum absolute atomic E-state index is 0.254. The standard InChI is InChI=1S/C16H18N2O4/c1-4-22-14-9-11(5-7-13(14)20-2)16(19)18-12-6-8-15(21-3)17-10-12/h5-10H,4H2,1-3H3,(H,18,19). The Bertz CT molecular complexity index is 641. The molecule has 0 saturated carbocycles. The number of nitrogens with one attached hydrogen (secondary N) is 1. The fourth-order valence-corrected chi connectivity index (χ4v) is 1.86. The average Bonchev–Trinajstić information content (AvgIpc) is 2.55. The highest BCUT2D eigenvalue weighted by Gasteiger charge is 2.11. The molecule has 0 saturated heterocycles. The van der Waals surface area contributed by atoms with Crippen molar-refractivity contribution in [1.82, 2.24) is 4.98 Å². The molecule has 0 bridgehead atoms. The second-order valence-electron chi connectivity index (χ2n) is 4.34. The normalized spacial score (nSPS) is 9.95. The number of hydrogen-bond acceptors (Lipinski definition) is 5. The van der Waals surface area contributed by atoms with Gasteiger partial charge in [0.1, 0.15) is 0 Å². The molecule has 1 heterocycles. The number of ether oxygens (including phenoxy) is 3. The van der Waals surface area contributed by atoms with Crippen LogP contribution in [0.5, 0.6) is 17.4 Å². The van der Waals surface area contributed by atoms with Crippen LogP contribution in [0.1, 0.15) is 17.3 Å². The maximum absolute atomic E-state index is 12.3. The smallest absolute Gasteiger partial charge is 0.255 e. The van der Waals surface area contributed by atoms with E-state index in [2.05, 4.69) is 10.3 Å². The molecule has 0 fully saturated rings. The lowest BCUT2D eigenvalue weighted by atomic mass is 10.2. The van der Waals surface area contributed by atoms with Gasteiger partial charge in [0.2, 0.25) is 5.88 Å². The van der Waals surface area contributed by atoms with Gasteiger partial charge in [0, 0.05) is 11.6 Å². The zero-order valence-electron chi connectivity index (χ0n) is 12.8. The van der Waals surface area contributed by atoms with Crippen LogP contribution in [0.15, 0.2) is 36.5 Å². The molecule has 0 atom stereocenters. The van der Waals surface area contributed by atoms with Gasteiger partial charge in [-0.2, -0.15) is 0 Å². The maximum atomic E-state index is 12.3. The van der Waals surface area contributed by atoms with Gasteiger partial charge in [0.25, 0.3) is 5.91 Å². The molecule has 0 aliphatic heterocycles. The van der Waals surface area contributed by atoms with Crippen LogP contribution in [0.3, 0.4) is 0 Å². The largest absolute Gasteiger partial charge is 0.493 e. The summed E-state index contributed by atoms with van der Waals surface area (Å²) in [5.41, 5.74) is 1.06. The monoisotopic (exact) mass is 302 g/mol. The van der Waals surface area contributed by atoms with E-state index in [9.17, 15) is 4.79 Å². The van der Waals surface area contributed by atoms with Crippen LogP contribution >= 0.6 is 0 Å². The van der Waals surface area contributed by atoms with E-state index in [1.807, 2.05) is 6.92 Å². The summed E-state index contributed by atoms with van der Waals surface area (Å²) in [6.07, 6.45) is 1.53. The zero-order valence-corrected chi connectivity index (χ0v) is 12.8. The Balaban J connectivity index is 2.15. The molecule has 2 aromatic rings. The Hall–Kier alpha value is -2.76. The number of pyridine rings is 1. The third-order valence-corrected chi connectivity index (χ3v) is 2.93. The van der Waals surface area contributed by atoms with Crippen LogP contribution in [0, 0.1) is 0 Å². The highest BCUT2D eigenvalue weighted by Crippen LogP contribution is 2.28. The molecular weight excluding hydrogens is 284 g/mol. The van der Waals surface area contributed by atoms with Crippen LogP contribution in [0.25, 0.3) is 0 Å². The Morgan fingerprint density at radius 2 is 1.95 bits per heavy atom. The van der Waals surface area contributed by atoms with Crippen molar-refractivity contribution in [2.45, 2.75) is 6.92 Å². The van der Waals surface area contributed by atoms with Crippen LogP contribution in [-0.4, -0.2) is 31.7 Å².